The van der Waals surface area contributed by atoms with Gasteiger partial charge in [-0.15, -0.1) is 11.3 Å². The first-order valence-corrected chi connectivity index (χ1v) is 7.80. The number of fused-ring (bicyclic) bond motifs is 1. The second-order valence-corrected chi connectivity index (χ2v) is 6.30. The van der Waals surface area contributed by atoms with Gasteiger partial charge in [-0.25, -0.2) is 9.97 Å². The molecule has 0 fully saturated rings. The van der Waals surface area contributed by atoms with Crippen LogP contribution in [0.2, 0.25) is 0 Å². The summed E-state index contributed by atoms with van der Waals surface area (Å²) in [6.45, 7) is 5.74. The fourth-order valence-corrected chi connectivity index (χ4v) is 3.07. The second-order valence-electron chi connectivity index (χ2n) is 5.41. The monoisotopic (exact) mass is 307 g/mol. The lowest BCUT2D eigenvalue weighted by atomic mass is 10.2. The molecule has 0 saturated carbocycles. The molecule has 0 atom stereocenters. The van der Waals surface area contributed by atoms with Gasteiger partial charge in [-0.1, -0.05) is 13.8 Å². The average molecular weight is 307 g/mol. The normalized spacial score (nSPS) is 11.5. The van der Waals surface area contributed by atoms with Crippen molar-refractivity contribution in [3.63, 3.8) is 0 Å². The first-order chi connectivity index (χ1) is 9.99. The molecule has 0 saturated heterocycles. The van der Waals surface area contributed by atoms with Gasteiger partial charge in [-0.2, -0.15) is 0 Å². The van der Waals surface area contributed by atoms with Crippen LogP contribution in [0.25, 0.3) is 10.2 Å². The molecule has 2 heterocycles. The molecule has 0 bridgehead atoms. The van der Waals surface area contributed by atoms with E-state index in [2.05, 4.69) is 29.1 Å². The molecule has 3 N–H and O–H groups in total. The summed E-state index contributed by atoms with van der Waals surface area (Å²) in [5, 5.41) is 6.12. The molecule has 1 amide bonds. The summed E-state index contributed by atoms with van der Waals surface area (Å²) in [5.41, 5.74) is 5.32. The number of nitrogens with two attached hydrogens (primary N) is 1. The zero-order valence-corrected chi connectivity index (χ0v) is 13.4. The fourth-order valence-electron chi connectivity index (χ4n) is 2.28. The minimum Gasteiger partial charge on any atom is -0.372 e. The van der Waals surface area contributed by atoms with Crippen molar-refractivity contribution < 1.29 is 4.79 Å². The van der Waals surface area contributed by atoms with Crippen LogP contribution in [0.15, 0.2) is 11.4 Å². The van der Waals surface area contributed by atoms with E-state index in [-0.39, 0.29) is 12.5 Å². The predicted molar refractivity (Wildman–Crippen MR) is 86.3 cm³/mol. The first-order valence-electron chi connectivity index (χ1n) is 6.92. The largest absolute Gasteiger partial charge is 0.372 e. The number of amides is 1. The van der Waals surface area contributed by atoms with Gasteiger partial charge in [0.2, 0.25) is 5.91 Å². The summed E-state index contributed by atoms with van der Waals surface area (Å²) < 4.78 is 0. The van der Waals surface area contributed by atoms with E-state index >= 15 is 0 Å². The highest BCUT2D eigenvalue weighted by Crippen LogP contribution is 2.25. The summed E-state index contributed by atoms with van der Waals surface area (Å²) in [7, 11) is 1.85. The lowest BCUT2D eigenvalue weighted by Crippen LogP contribution is -2.36. The van der Waals surface area contributed by atoms with Crippen LogP contribution in [-0.4, -0.2) is 40.9 Å². The molecular formula is C14H21N5OS. The van der Waals surface area contributed by atoms with E-state index in [4.69, 9.17) is 5.73 Å². The Balaban J connectivity index is 2.24. The third-order valence-corrected chi connectivity index (χ3v) is 3.78. The van der Waals surface area contributed by atoms with Gasteiger partial charge in [0.1, 0.15) is 16.5 Å². The topological polar surface area (TPSA) is 84.1 Å². The summed E-state index contributed by atoms with van der Waals surface area (Å²) in [6, 6.07) is 2.00. The zero-order chi connectivity index (χ0) is 15.4. The van der Waals surface area contributed by atoms with Crippen LogP contribution >= 0.6 is 11.3 Å². The van der Waals surface area contributed by atoms with E-state index in [1.54, 1.807) is 11.3 Å². The molecular weight excluding hydrogens is 286 g/mol. The number of anilines is 1. The van der Waals surface area contributed by atoms with Crippen LogP contribution in [0.4, 0.5) is 5.82 Å². The lowest BCUT2D eigenvalue weighted by Gasteiger charge is -2.22. The molecule has 0 radical (unpaired) electrons. The lowest BCUT2D eigenvalue weighted by molar-refractivity contribution is -0.119. The third-order valence-electron chi connectivity index (χ3n) is 2.98. The van der Waals surface area contributed by atoms with Gasteiger partial charge in [-0.3, -0.25) is 9.69 Å². The van der Waals surface area contributed by atoms with Crippen LogP contribution < -0.4 is 11.1 Å². The Kier molecular flexibility index (Phi) is 5.08. The van der Waals surface area contributed by atoms with Crippen LogP contribution in [-0.2, 0) is 11.3 Å². The molecule has 0 aliphatic rings. The first kappa shape index (κ1) is 15.7. The Hall–Kier alpha value is -1.73. The van der Waals surface area contributed by atoms with E-state index in [9.17, 15) is 4.79 Å². The Morgan fingerprint density at radius 1 is 1.48 bits per heavy atom. The number of rotatable bonds is 7. The molecule has 21 heavy (non-hydrogen) atoms. The number of primary amides is 1. The quantitative estimate of drug-likeness (QED) is 0.813. The van der Waals surface area contributed by atoms with Gasteiger partial charge in [0.05, 0.1) is 18.5 Å². The van der Waals surface area contributed by atoms with Crippen LogP contribution in [0.3, 0.4) is 0 Å². The van der Waals surface area contributed by atoms with E-state index in [0.29, 0.717) is 18.3 Å². The Bertz CT molecular complexity index is 625. The van der Waals surface area contributed by atoms with Crippen LogP contribution in [0, 0.1) is 5.92 Å². The standard InChI is InChI=1S/C14H21N5OS/c1-9(2)6-19(7-11(15)20)8-12-17-13(16-3)10-4-5-21-14(10)18-12/h4-5,9H,6-8H2,1-3H3,(H2,15,20)(H,16,17,18). The maximum Gasteiger partial charge on any atom is 0.231 e. The maximum atomic E-state index is 11.2. The highest BCUT2D eigenvalue weighted by molar-refractivity contribution is 7.16. The van der Waals surface area contributed by atoms with Gasteiger partial charge in [0.25, 0.3) is 0 Å². The number of nitrogens with one attached hydrogen (secondary N) is 1. The minimum atomic E-state index is -0.332. The van der Waals surface area contributed by atoms with E-state index in [1.807, 2.05) is 23.4 Å². The highest BCUT2D eigenvalue weighted by atomic mass is 32.1. The number of thiophene rings is 1. The van der Waals surface area contributed by atoms with Gasteiger partial charge >= 0.3 is 0 Å². The van der Waals surface area contributed by atoms with Crippen molar-refractivity contribution in [2.24, 2.45) is 11.7 Å². The summed E-state index contributed by atoms with van der Waals surface area (Å²) in [6.07, 6.45) is 0. The van der Waals surface area contributed by atoms with Gasteiger partial charge in [-0.05, 0) is 17.4 Å². The molecule has 2 aromatic rings. The number of hydrogen-bond donors (Lipinski definition) is 2. The molecule has 6 nitrogen and oxygen atoms in total. The van der Waals surface area contributed by atoms with Gasteiger partial charge in [0, 0.05) is 13.6 Å². The van der Waals surface area contributed by atoms with Crippen molar-refractivity contribution in [1.29, 1.82) is 0 Å². The molecule has 0 spiro atoms. The van der Waals surface area contributed by atoms with E-state index in [1.165, 1.54) is 0 Å². The molecule has 0 aliphatic carbocycles. The SMILES string of the molecule is CNc1nc(CN(CC(N)=O)CC(C)C)nc2sccc12. The summed E-state index contributed by atoms with van der Waals surface area (Å²) in [5.74, 6) is 1.64. The highest BCUT2D eigenvalue weighted by Gasteiger charge is 2.14. The number of nitrogens with zero attached hydrogens (tertiary/aromatic N) is 3. The van der Waals surface area contributed by atoms with Crippen molar-refractivity contribution in [3.8, 4) is 0 Å². The third kappa shape index (κ3) is 4.12. The Morgan fingerprint density at radius 2 is 2.24 bits per heavy atom. The smallest absolute Gasteiger partial charge is 0.231 e. The predicted octanol–water partition coefficient (Wildman–Crippen LogP) is 1.68. The fraction of sp³-hybridized carbons (Fsp3) is 0.500. The molecule has 0 aliphatic heterocycles. The summed E-state index contributed by atoms with van der Waals surface area (Å²) >= 11 is 1.58. The molecule has 114 valence electrons. The van der Waals surface area contributed by atoms with E-state index < -0.39 is 0 Å². The molecule has 2 aromatic heterocycles. The van der Waals surface area contributed by atoms with Crippen molar-refractivity contribution >= 4 is 33.3 Å². The second kappa shape index (κ2) is 6.82. The number of carbonyl (C=O) groups excluding carboxylic acids is 1. The van der Waals surface area contributed by atoms with Crippen molar-refractivity contribution in [3.05, 3.63) is 17.3 Å². The van der Waals surface area contributed by atoms with Gasteiger partial charge < -0.3 is 11.1 Å². The van der Waals surface area contributed by atoms with Crippen molar-refractivity contribution in [2.75, 3.05) is 25.5 Å². The number of hydrogen-bond acceptors (Lipinski definition) is 6. The number of aromatic nitrogens is 2. The molecule has 2 rings (SSSR count). The average Bonchev–Trinajstić information content (AvgIpc) is 2.84. The van der Waals surface area contributed by atoms with E-state index in [0.717, 1.165) is 22.6 Å². The van der Waals surface area contributed by atoms with Crippen molar-refractivity contribution in [2.45, 2.75) is 20.4 Å². The van der Waals surface area contributed by atoms with Gasteiger partial charge in [0.15, 0.2) is 0 Å². The van der Waals surface area contributed by atoms with Crippen LogP contribution in [0.5, 0.6) is 0 Å². The Morgan fingerprint density at radius 3 is 2.86 bits per heavy atom. The maximum absolute atomic E-state index is 11.2. The summed E-state index contributed by atoms with van der Waals surface area (Å²) in [4.78, 5) is 23.3. The minimum absolute atomic E-state index is 0.221. The zero-order valence-electron chi connectivity index (χ0n) is 12.6. The number of carbonyl (C=O) groups is 1. The molecule has 0 unspecified atom stereocenters. The Labute approximate surface area is 128 Å². The molecule has 0 aromatic carbocycles. The molecule has 7 heteroatoms. The van der Waals surface area contributed by atoms with Crippen LogP contribution in [0.1, 0.15) is 19.7 Å². The van der Waals surface area contributed by atoms with Crippen molar-refractivity contribution in [1.82, 2.24) is 14.9 Å².